The Balaban J connectivity index is 0.794. The van der Waals surface area contributed by atoms with Gasteiger partial charge in [0.1, 0.15) is 30.2 Å². The number of phenols is 2. The SMILES string of the molecule is COc1cc([C@@H]2c3cc4c(cc3[C@H](n3cc(COCC(COCc5cn([C@H]6c7cc8c(cc7[C@@H](c7cc(OC)c(O)c(OC)c7)[C@H]7C(=O)OC[C@@H]76)OCO8)nn5)O[C@@H]5O[C@H](COC(C)=O)[C@@H](OC(C)=O)[C@H](OC(C)=O)[C@H]5OC(C)=O)nn3)[C@H]3COC(=O)[C@H]23)OCO4)cc(OC)c1O. The normalized spacial score (nSPS) is 25.7. The van der Waals surface area contributed by atoms with Crippen LogP contribution >= 0.6 is 0 Å². The van der Waals surface area contributed by atoms with E-state index < -0.39 is 127 Å². The molecule has 0 radical (unpaired) electrons. The van der Waals surface area contributed by atoms with Gasteiger partial charge in [0, 0.05) is 51.4 Å². The number of phenolic OH excluding ortho intramolecular Hbond substituents is 2. The summed E-state index contributed by atoms with van der Waals surface area (Å²) in [7, 11) is 5.64. The van der Waals surface area contributed by atoms with Crippen LogP contribution < -0.4 is 37.9 Å². The monoisotopic (exact) mass is 1350 g/mol. The van der Waals surface area contributed by atoms with E-state index in [4.69, 9.17) is 85.3 Å². The molecule has 7 heterocycles. The number of esters is 6. The first-order valence-electron chi connectivity index (χ1n) is 30.9. The number of aromatic hydroxyl groups is 2. The number of nitrogens with zero attached hydrogens (tertiary/aromatic N) is 6. The first kappa shape index (κ1) is 65.5. The third kappa shape index (κ3) is 12.6. The van der Waals surface area contributed by atoms with Crippen molar-refractivity contribution < 1.29 is 124 Å². The molecule has 13 rings (SSSR count). The highest BCUT2D eigenvalue weighted by Gasteiger charge is 2.57. The number of ether oxygens (including phenoxy) is 18. The van der Waals surface area contributed by atoms with Gasteiger partial charge in [0.05, 0.1) is 104 Å². The Kier molecular flexibility index (Phi) is 18.3. The summed E-state index contributed by atoms with van der Waals surface area (Å²) < 4.78 is 109. The van der Waals surface area contributed by atoms with E-state index >= 15 is 0 Å². The van der Waals surface area contributed by atoms with Gasteiger partial charge in [0.25, 0.3) is 0 Å². The molecule has 3 fully saturated rings. The predicted molar refractivity (Wildman–Crippen MR) is 320 cm³/mol. The van der Waals surface area contributed by atoms with Crippen molar-refractivity contribution in [2.24, 2.45) is 23.7 Å². The third-order valence-corrected chi connectivity index (χ3v) is 18.1. The molecule has 13 atom stereocenters. The van der Waals surface area contributed by atoms with Gasteiger partial charge in [-0.15, -0.1) is 10.2 Å². The van der Waals surface area contributed by atoms with Crippen molar-refractivity contribution in [1.29, 1.82) is 0 Å². The van der Waals surface area contributed by atoms with Crippen LogP contribution in [0.4, 0.5) is 0 Å². The molecule has 0 saturated carbocycles. The van der Waals surface area contributed by atoms with Crippen molar-refractivity contribution in [3.63, 3.8) is 0 Å². The number of carbonyl (C=O) groups is 6. The number of cyclic esters (lactones) is 2. The number of rotatable bonds is 23. The fraction of sp³-hybridized carbons (Fsp3) is 0.477. The fourth-order valence-corrected chi connectivity index (χ4v) is 14.2. The third-order valence-electron chi connectivity index (χ3n) is 18.1. The molecule has 32 heteroatoms. The number of carbonyl (C=O) groups excluding carboxylic acids is 6. The molecule has 0 spiro atoms. The molecule has 0 unspecified atom stereocenters. The Hall–Kier alpha value is -10.2. The van der Waals surface area contributed by atoms with Crippen molar-refractivity contribution in [3.8, 4) is 57.5 Å². The standard InChI is InChI=1S/C65H68N6O26/c1-28(72)86-25-51-60(93-29(2)73)61(94-30(3)74)62(95-31(4)75)65(97-51)96-36(21-84-19-34-17-70(68-66-34)56-39-15-45-43(89-26-91-45)13-37(39)52(54-41(56)23-87-63(54)78)32-9-47(80-5)58(76)48(10-32)81-6)22-85-20-35-18-71(69-67-35)57-40-16-46-44(90-27-92-46)14-38(40)53(55-42(57)24-88-64(55)79)33-11-49(82-7)59(77)50(12-33)83-8/h9-18,36,41-42,51-57,60-62,65,76-77H,19-27H2,1-8H3/t41-,42-,51+,52+,53+,54-,55-,56-,57-,60+,61-,62+,65+/m0/s1. The van der Waals surface area contributed by atoms with Crippen LogP contribution in [0.1, 0.15) is 96.4 Å². The molecule has 6 aromatic rings. The molecule has 7 aliphatic rings. The second-order valence-electron chi connectivity index (χ2n) is 23.9. The summed E-state index contributed by atoms with van der Waals surface area (Å²) in [6, 6.07) is 12.6. The molecule has 0 amide bonds. The van der Waals surface area contributed by atoms with E-state index in [0.717, 1.165) is 38.8 Å². The fourth-order valence-electron chi connectivity index (χ4n) is 14.2. The predicted octanol–water partition coefficient (Wildman–Crippen LogP) is 4.02. The van der Waals surface area contributed by atoms with Gasteiger partial charge < -0.3 is 95.5 Å². The minimum atomic E-state index is -1.65. The van der Waals surface area contributed by atoms with Crippen LogP contribution in [-0.2, 0) is 89.3 Å². The Bertz CT molecular complexity index is 3790. The maximum Gasteiger partial charge on any atom is 0.310 e. The molecule has 0 bridgehead atoms. The summed E-state index contributed by atoms with van der Waals surface area (Å²) in [5.41, 5.74) is 4.66. The van der Waals surface area contributed by atoms with Crippen molar-refractivity contribution in [1.82, 2.24) is 30.0 Å². The minimum Gasteiger partial charge on any atom is -0.502 e. The van der Waals surface area contributed by atoms with E-state index in [1.165, 1.54) is 28.4 Å². The molecule has 5 aliphatic heterocycles. The number of fused-ring (bicyclic) bond motifs is 6. The van der Waals surface area contributed by atoms with Crippen LogP contribution in [0.15, 0.2) is 60.9 Å². The smallest absolute Gasteiger partial charge is 0.310 e. The molecule has 32 nitrogen and oxygen atoms in total. The summed E-state index contributed by atoms with van der Waals surface area (Å²) in [6.07, 6.45) is -5.54. The minimum absolute atomic E-state index is 0.0126. The summed E-state index contributed by atoms with van der Waals surface area (Å²) in [5, 5.41) is 40.0. The van der Waals surface area contributed by atoms with Gasteiger partial charge in [-0.05, 0) is 81.9 Å². The largest absolute Gasteiger partial charge is 0.502 e. The van der Waals surface area contributed by atoms with Gasteiger partial charge in [-0.3, -0.25) is 28.8 Å². The second kappa shape index (κ2) is 27.1. The van der Waals surface area contributed by atoms with E-state index in [9.17, 15) is 39.0 Å². The molecule has 4 aromatic carbocycles. The molecule has 2 aromatic heterocycles. The van der Waals surface area contributed by atoms with E-state index in [1.807, 2.05) is 24.3 Å². The highest BCUT2D eigenvalue weighted by atomic mass is 16.7. The van der Waals surface area contributed by atoms with Gasteiger partial charge in [-0.1, -0.05) is 10.4 Å². The van der Waals surface area contributed by atoms with Gasteiger partial charge >= 0.3 is 35.8 Å². The Labute approximate surface area is 551 Å². The van der Waals surface area contributed by atoms with Crippen molar-refractivity contribution in [2.45, 2.75) is 102 Å². The zero-order valence-electron chi connectivity index (χ0n) is 53.6. The van der Waals surface area contributed by atoms with Crippen LogP contribution in [-0.4, -0.2) is 188 Å². The summed E-state index contributed by atoms with van der Waals surface area (Å²) in [5.74, 6) is -6.16. The first-order chi connectivity index (χ1) is 46.8. The maximum atomic E-state index is 14.0. The van der Waals surface area contributed by atoms with E-state index in [0.29, 0.717) is 56.6 Å². The molecule has 514 valence electrons. The van der Waals surface area contributed by atoms with Crippen LogP contribution in [0.2, 0.25) is 0 Å². The second-order valence-corrected chi connectivity index (χ2v) is 23.9. The van der Waals surface area contributed by atoms with Crippen LogP contribution in [0, 0.1) is 23.7 Å². The molecular weight excluding hydrogens is 1280 g/mol. The Morgan fingerprint density at radius 1 is 0.536 bits per heavy atom. The van der Waals surface area contributed by atoms with Crippen LogP contribution in [0.5, 0.6) is 57.5 Å². The van der Waals surface area contributed by atoms with Crippen LogP contribution in [0.3, 0.4) is 0 Å². The van der Waals surface area contributed by atoms with E-state index in [-0.39, 0.29) is 87.7 Å². The van der Waals surface area contributed by atoms with E-state index in [2.05, 4.69) is 20.6 Å². The number of methoxy groups -OCH3 is 4. The van der Waals surface area contributed by atoms with Crippen molar-refractivity contribution in [3.05, 3.63) is 106 Å². The van der Waals surface area contributed by atoms with E-state index in [1.54, 1.807) is 46.0 Å². The lowest BCUT2D eigenvalue weighted by molar-refractivity contribution is -0.321. The van der Waals surface area contributed by atoms with Gasteiger partial charge in [0.2, 0.25) is 25.1 Å². The number of benzene rings is 4. The molecular formula is C65H68N6O26. The van der Waals surface area contributed by atoms with Crippen LogP contribution in [0.25, 0.3) is 0 Å². The lowest BCUT2D eigenvalue weighted by atomic mass is 9.65. The van der Waals surface area contributed by atoms with Gasteiger partial charge in [0.15, 0.2) is 70.6 Å². The zero-order chi connectivity index (χ0) is 68.1. The number of hydrogen-bond acceptors (Lipinski definition) is 30. The van der Waals surface area contributed by atoms with Gasteiger partial charge in [-0.25, -0.2) is 9.36 Å². The topological polar surface area (TPSA) is 370 Å². The Morgan fingerprint density at radius 2 is 0.938 bits per heavy atom. The summed E-state index contributed by atoms with van der Waals surface area (Å²) >= 11 is 0. The number of hydrogen-bond donors (Lipinski definition) is 2. The quantitative estimate of drug-likeness (QED) is 0.0675. The van der Waals surface area contributed by atoms with Gasteiger partial charge in [-0.2, -0.15) is 0 Å². The first-order valence-corrected chi connectivity index (χ1v) is 30.9. The number of aromatic nitrogens is 6. The molecule has 2 N–H and O–H groups in total. The lowest BCUT2D eigenvalue weighted by Crippen LogP contribution is -2.63. The summed E-state index contributed by atoms with van der Waals surface area (Å²) in [6.45, 7) is 2.80. The molecule has 97 heavy (non-hydrogen) atoms. The molecule has 2 aliphatic carbocycles. The lowest BCUT2D eigenvalue weighted by Gasteiger charge is -2.44. The highest BCUT2D eigenvalue weighted by molar-refractivity contribution is 5.80. The van der Waals surface area contributed by atoms with Crippen molar-refractivity contribution >= 4 is 35.8 Å². The van der Waals surface area contributed by atoms with Crippen molar-refractivity contribution in [2.75, 3.05) is 75.1 Å². The average Bonchev–Trinajstić information content (AvgIpc) is 1.67. The summed E-state index contributed by atoms with van der Waals surface area (Å²) in [4.78, 5) is 78.6. The average molecular weight is 1350 g/mol. The zero-order valence-corrected chi connectivity index (χ0v) is 53.6. The maximum absolute atomic E-state index is 14.0. The highest BCUT2D eigenvalue weighted by Crippen LogP contribution is 2.59. The Morgan fingerprint density at radius 3 is 1.34 bits per heavy atom. The molecule has 3 saturated heterocycles.